The van der Waals surface area contributed by atoms with Crippen LogP contribution < -0.4 is 27.0 Å². The maximum atomic E-state index is 13.3. The molecule has 1 aromatic carbocycles. The van der Waals surface area contributed by atoms with Crippen LogP contribution in [0.15, 0.2) is 58.2 Å². The number of halogens is 3. The van der Waals surface area contributed by atoms with Crippen molar-refractivity contribution in [3.8, 4) is 11.5 Å². The molecule has 24 heteroatoms. The SMILES string of the molecule is Cn1cc(NC(=O)c2coc(-c3ccnc(NCC(F)(F)F)c3)n2)c(C(=O)NC2CCN(CCOCCOCCOCCOCCCc3cccc4c3n(C)c(=O)n4C3CCC(=O)NC3=O)CC2)n1. The summed E-state index contributed by atoms with van der Waals surface area (Å²) in [6.07, 6.45) is 2.75. The molecule has 0 bridgehead atoms. The predicted octanol–water partition coefficient (Wildman–Crippen LogP) is 3.22. The van der Waals surface area contributed by atoms with E-state index in [1.54, 1.807) is 18.7 Å². The fourth-order valence-electron chi connectivity index (χ4n) is 8.12. The Hall–Kier alpha value is -6.47. The van der Waals surface area contributed by atoms with Gasteiger partial charge in [-0.15, -0.1) is 0 Å². The van der Waals surface area contributed by atoms with Gasteiger partial charge in [0.25, 0.3) is 11.8 Å². The van der Waals surface area contributed by atoms with Crippen LogP contribution in [0, 0.1) is 0 Å². The summed E-state index contributed by atoms with van der Waals surface area (Å²) in [5.41, 5.74) is 2.50. The number of nitrogens with one attached hydrogen (secondary N) is 4. The number of carbonyl (C=O) groups is 4. The summed E-state index contributed by atoms with van der Waals surface area (Å²) < 4.78 is 70.5. The number of piperidine rings is 2. The van der Waals surface area contributed by atoms with E-state index < -0.39 is 36.5 Å². The molecule has 7 rings (SSSR count). The molecule has 4 N–H and O–H groups in total. The summed E-state index contributed by atoms with van der Waals surface area (Å²) in [6.45, 7) is 4.58. The fraction of sp³-hybridized carbons (Fsp3) is 0.511. The summed E-state index contributed by atoms with van der Waals surface area (Å²) in [5, 5.41) is 14.4. The zero-order valence-electron chi connectivity index (χ0n) is 38.3. The molecule has 21 nitrogen and oxygen atoms in total. The Kier molecular flexibility index (Phi) is 17.3. The quantitative estimate of drug-likeness (QED) is 0.0513. The maximum Gasteiger partial charge on any atom is 0.405 e. The van der Waals surface area contributed by atoms with E-state index in [-0.39, 0.29) is 59.3 Å². The molecule has 2 fully saturated rings. The first-order chi connectivity index (χ1) is 33.2. The van der Waals surface area contributed by atoms with Crippen LogP contribution in [-0.4, -0.2) is 149 Å². The van der Waals surface area contributed by atoms with Gasteiger partial charge in [0.2, 0.25) is 17.7 Å². The lowest BCUT2D eigenvalue weighted by Crippen LogP contribution is -2.45. The number of amides is 4. The van der Waals surface area contributed by atoms with Crippen LogP contribution in [0.3, 0.4) is 0 Å². The average Bonchev–Trinajstić information content (AvgIpc) is 4.03. The van der Waals surface area contributed by atoms with E-state index in [9.17, 15) is 37.1 Å². The zero-order valence-corrected chi connectivity index (χ0v) is 38.3. The average molecular weight is 968 g/mol. The Balaban J connectivity index is 0.706. The molecule has 0 aliphatic carbocycles. The van der Waals surface area contributed by atoms with Gasteiger partial charge < -0.3 is 44.2 Å². The van der Waals surface area contributed by atoms with E-state index in [1.807, 2.05) is 18.2 Å². The Morgan fingerprint density at radius 1 is 0.913 bits per heavy atom. The van der Waals surface area contributed by atoms with Crippen LogP contribution >= 0.6 is 0 Å². The molecule has 2 saturated heterocycles. The molecule has 1 unspecified atom stereocenters. The van der Waals surface area contributed by atoms with Gasteiger partial charge in [-0.2, -0.15) is 18.3 Å². The van der Waals surface area contributed by atoms with Crippen molar-refractivity contribution >= 4 is 46.2 Å². The number of nitrogens with zero attached hydrogens (tertiary/aromatic N) is 7. The van der Waals surface area contributed by atoms with Crippen molar-refractivity contribution in [1.29, 1.82) is 0 Å². The molecule has 5 aromatic rings. The summed E-state index contributed by atoms with van der Waals surface area (Å²) in [6, 6.07) is 7.63. The number of hydrogen-bond acceptors (Lipinski definition) is 15. The normalized spacial score (nSPS) is 16.0. The molecule has 69 heavy (non-hydrogen) atoms. The highest BCUT2D eigenvalue weighted by atomic mass is 19.4. The number of aryl methyl sites for hydroxylation is 3. The highest BCUT2D eigenvalue weighted by molar-refractivity contribution is 6.07. The second kappa shape index (κ2) is 23.7. The van der Waals surface area contributed by atoms with Crippen molar-refractivity contribution in [3.05, 3.63) is 76.4 Å². The Bertz CT molecular complexity index is 2620. The second-order valence-electron chi connectivity index (χ2n) is 16.6. The fourth-order valence-corrected chi connectivity index (χ4v) is 8.12. The number of anilines is 2. The van der Waals surface area contributed by atoms with Crippen LogP contribution in [-0.2, 0) is 49.1 Å². The Labute approximate surface area is 394 Å². The first-order valence-electron chi connectivity index (χ1n) is 22.7. The molecule has 0 spiro atoms. The summed E-state index contributed by atoms with van der Waals surface area (Å²) in [7, 11) is 3.31. The predicted molar refractivity (Wildman–Crippen MR) is 243 cm³/mol. The highest BCUT2D eigenvalue weighted by Crippen LogP contribution is 2.27. The number of benzene rings is 1. The van der Waals surface area contributed by atoms with E-state index in [4.69, 9.17) is 23.4 Å². The molecule has 6 heterocycles. The number of alkyl halides is 3. The monoisotopic (exact) mass is 967 g/mol. The number of imidazole rings is 1. The van der Waals surface area contributed by atoms with Crippen LogP contribution in [0.2, 0.25) is 0 Å². The molecular weight excluding hydrogens is 912 g/mol. The number of fused-ring (bicyclic) bond motifs is 1. The van der Waals surface area contributed by atoms with Crippen LogP contribution in [0.5, 0.6) is 0 Å². The van der Waals surface area contributed by atoms with Crippen molar-refractivity contribution in [1.82, 2.24) is 44.4 Å². The Morgan fingerprint density at radius 2 is 1.62 bits per heavy atom. The van der Waals surface area contributed by atoms with Gasteiger partial charge in [0.1, 0.15) is 24.7 Å². The number of para-hydroxylation sites is 1. The number of hydrogen-bond donors (Lipinski definition) is 4. The number of imide groups is 1. The molecule has 4 aromatic heterocycles. The molecule has 0 radical (unpaired) electrons. The first kappa shape index (κ1) is 50.4. The summed E-state index contributed by atoms with van der Waals surface area (Å²) in [5.74, 6) is -1.96. The van der Waals surface area contributed by atoms with E-state index in [0.29, 0.717) is 83.2 Å². The van der Waals surface area contributed by atoms with Crippen molar-refractivity contribution in [2.24, 2.45) is 14.1 Å². The summed E-state index contributed by atoms with van der Waals surface area (Å²) >= 11 is 0. The van der Waals surface area contributed by atoms with Crippen LogP contribution in [0.1, 0.15) is 64.7 Å². The minimum absolute atomic E-state index is 0.0102. The zero-order chi connectivity index (χ0) is 48.9. The number of aromatic nitrogens is 6. The molecule has 372 valence electrons. The van der Waals surface area contributed by atoms with E-state index >= 15 is 0 Å². The molecule has 0 saturated carbocycles. The van der Waals surface area contributed by atoms with E-state index in [2.05, 4.69) is 41.2 Å². The van der Waals surface area contributed by atoms with Crippen molar-refractivity contribution in [2.75, 3.05) is 89.7 Å². The third kappa shape index (κ3) is 13.8. The van der Waals surface area contributed by atoms with Gasteiger partial charge in [0.15, 0.2) is 11.4 Å². The van der Waals surface area contributed by atoms with Crippen molar-refractivity contribution in [3.63, 3.8) is 0 Å². The molecule has 4 amide bonds. The van der Waals surface area contributed by atoms with Crippen LogP contribution in [0.4, 0.5) is 24.7 Å². The van der Waals surface area contributed by atoms with Gasteiger partial charge >= 0.3 is 11.9 Å². The maximum absolute atomic E-state index is 13.3. The van der Waals surface area contributed by atoms with E-state index in [0.717, 1.165) is 43.4 Å². The smallest absolute Gasteiger partial charge is 0.405 e. The van der Waals surface area contributed by atoms with Gasteiger partial charge in [-0.05, 0) is 55.9 Å². The third-order valence-electron chi connectivity index (χ3n) is 11.5. The number of likely N-dealkylation sites (tertiary alicyclic amines) is 1. The number of rotatable bonds is 24. The van der Waals surface area contributed by atoms with Gasteiger partial charge in [0.05, 0.1) is 63.0 Å². The topological polar surface area (TPSA) is 240 Å². The second-order valence-corrected chi connectivity index (χ2v) is 16.6. The number of carbonyl (C=O) groups excluding carboxylic acids is 4. The molecule has 2 aliphatic heterocycles. The van der Waals surface area contributed by atoms with Crippen LogP contribution in [0.25, 0.3) is 22.5 Å². The van der Waals surface area contributed by atoms with Gasteiger partial charge in [0, 0.05) is 70.8 Å². The lowest BCUT2D eigenvalue weighted by Gasteiger charge is -2.32. The van der Waals surface area contributed by atoms with Crippen molar-refractivity contribution in [2.45, 2.75) is 56.8 Å². The van der Waals surface area contributed by atoms with E-state index in [1.165, 1.54) is 33.8 Å². The number of ether oxygens (including phenoxy) is 4. The standard InChI is InChI=1S/C45H56F3N11O10/c1-56-26-32(52-40(61)33-27-69-43(53-33)30-10-13-49-36(25-30)50-28-45(46,47)48)38(55-56)42(63)51-31-11-14-58(15-12-31)16-18-66-20-22-68-24-23-67-21-19-65-17-4-6-29-5-3-7-34-39(29)57(2)44(64)59(34)35-8-9-37(60)54-41(35)62/h3,5,7,10,13,25-27,31,35H,4,6,8-9,11-12,14-24,28H2,1-2H3,(H,49,50)(H,51,63)(H,52,61)(H,54,60,62). The van der Waals surface area contributed by atoms with Gasteiger partial charge in [-0.3, -0.25) is 38.3 Å². The lowest BCUT2D eigenvalue weighted by atomic mass is 10.0. The summed E-state index contributed by atoms with van der Waals surface area (Å²) in [4.78, 5) is 74.0. The third-order valence-corrected chi connectivity index (χ3v) is 11.5. The van der Waals surface area contributed by atoms with Gasteiger partial charge in [-0.25, -0.2) is 14.8 Å². The lowest BCUT2D eigenvalue weighted by molar-refractivity contribution is -0.135. The van der Waals surface area contributed by atoms with Crippen molar-refractivity contribution < 1.29 is 55.7 Å². The molecule has 1 atom stereocenters. The highest BCUT2D eigenvalue weighted by Gasteiger charge is 2.32. The first-order valence-corrected chi connectivity index (χ1v) is 22.7. The largest absolute Gasteiger partial charge is 0.444 e. The number of oxazole rings is 1. The molecule has 2 aliphatic rings. The minimum atomic E-state index is -4.43. The molecular formula is C45H56F3N11O10. The number of pyridine rings is 1. The Morgan fingerprint density at radius 3 is 2.33 bits per heavy atom. The minimum Gasteiger partial charge on any atom is -0.444 e. The van der Waals surface area contributed by atoms with Gasteiger partial charge in [-0.1, -0.05) is 12.1 Å².